The number of amides is 2. The van der Waals surface area contributed by atoms with E-state index >= 15 is 0 Å². The lowest BCUT2D eigenvalue weighted by Crippen LogP contribution is -2.48. The summed E-state index contributed by atoms with van der Waals surface area (Å²) < 4.78 is 5.28. The van der Waals surface area contributed by atoms with Gasteiger partial charge in [-0.1, -0.05) is 55.5 Å². The van der Waals surface area contributed by atoms with Crippen LogP contribution in [0.2, 0.25) is 0 Å². The number of hydrogen-bond acceptors (Lipinski definition) is 4. The molecule has 1 aliphatic heterocycles. The molecule has 5 nitrogen and oxygen atoms in total. The molecule has 0 radical (unpaired) electrons. The quantitative estimate of drug-likeness (QED) is 0.550. The molecule has 1 aliphatic rings. The van der Waals surface area contributed by atoms with E-state index in [1.54, 1.807) is 23.3 Å². The van der Waals surface area contributed by atoms with Gasteiger partial charge < -0.3 is 15.0 Å². The fourth-order valence-corrected chi connectivity index (χ4v) is 5.15. The minimum absolute atomic E-state index is 0.0599. The highest BCUT2D eigenvalue weighted by atomic mass is 32.1. The number of carbonyl (C=O) groups excluding carboxylic acids is 2. The summed E-state index contributed by atoms with van der Waals surface area (Å²) in [6.07, 6.45) is 0.985. The molecule has 1 N–H and O–H groups in total. The average Bonchev–Trinajstić information content (AvgIpc) is 3.37. The van der Waals surface area contributed by atoms with Crippen molar-refractivity contribution in [1.82, 2.24) is 10.2 Å². The first-order valence-electron chi connectivity index (χ1n) is 10.9. The van der Waals surface area contributed by atoms with Crippen LogP contribution in [0.1, 0.15) is 50.8 Å². The van der Waals surface area contributed by atoms with E-state index in [1.807, 2.05) is 41.8 Å². The molecule has 32 heavy (non-hydrogen) atoms. The van der Waals surface area contributed by atoms with Gasteiger partial charge in [0, 0.05) is 30.6 Å². The Hall–Kier alpha value is -2.96. The molecule has 2 heterocycles. The molecule has 3 aromatic rings. The standard InChI is InChI=1S/C26H28N2O3S/c1-3-18-10-12-19(13-11-18)17-27-25(29)23-20-7-4-5-8-21(20)26(30)28(14-15-31-2)24(23)22-9-6-16-32-22/h4-13,16,23-24H,3,14-15,17H2,1-2H3,(H,27,29)/t23-,24+/m1/s1. The largest absolute Gasteiger partial charge is 0.383 e. The van der Waals surface area contributed by atoms with Crippen molar-refractivity contribution in [1.29, 1.82) is 0 Å². The first kappa shape index (κ1) is 22.2. The third-order valence-electron chi connectivity index (χ3n) is 5.99. The van der Waals surface area contributed by atoms with Crippen molar-refractivity contribution < 1.29 is 14.3 Å². The summed E-state index contributed by atoms with van der Waals surface area (Å²) in [6, 6.07) is 19.4. The number of hydrogen-bond donors (Lipinski definition) is 1. The van der Waals surface area contributed by atoms with Gasteiger partial charge in [-0.05, 0) is 40.6 Å². The van der Waals surface area contributed by atoms with Gasteiger partial charge in [0.05, 0.1) is 18.6 Å². The van der Waals surface area contributed by atoms with Gasteiger partial charge in [0.1, 0.15) is 0 Å². The predicted octanol–water partition coefficient (Wildman–Crippen LogP) is 4.55. The monoisotopic (exact) mass is 448 g/mol. The zero-order valence-corrected chi connectivity index (χ0v) is 19.2. The molecule has 2 atom stereocenters. The van der Waals surface area contributed by atoms with E-state index in [9.17, 15) is 9.59 Å². The van der Waals surface area contributed by atoms with E-state index in [0.717, 1.165) is 22.4 Å². The summed E-state index contributed by atoms with van der Waals surface area (Å²) in [4.78, 5) is 29.8. The lowest BCUT2D eigenvalue weighted by Gasteiger charge is -2.41. The third-order valence-corrected chi connectivity index (χ3v) is 6.93. The van der Waals surface area contributed by atoms with Crippen LogP contribution in [0.5, 0.6) is 0 Å². The first-order chi connectivity index (χ1) is 15.6. The smallest absolute Gasteiger partial charge is 0.254 e. The maximum absolute atomic E-state index is 13.6. The lowest BCUT2D eigenvalue weighted by atomic mass is 9.81. The van der Waals surface area contributed by atoms with Crippen LogP contribution in [0.3, 0.4) is 0 Å². The van der Waals surface area contributed by atoms with Gasteiger partial charge in [0.25, 0.3) is 5.91 Å². The Kier molecular flexibility index (Phi) is 7.02. The summed E-state index contributed by atoms with van der Waals surface area (Å²) in [6.45, 7) is 3.41. The molecule has 1 aromatic heterocycles. The summed E-state index contributed by atoms with van der Waals surface area (Å²) >= 11 is 1.57. The van der Waals surface area contributed by atoms with Crippen molar-refractivity contribution in [3.05, 3.63) is 93.2 Å². The van der Waals surface area contributed by atoms with Crippen molar-refractivity contribution >= 4 is 23.2 Å². The van der Waals surface area contributed by atoms with Crippen molar-refractivity contribution in [3.8, 4) is 0 Å². The van der Waals surface area contributed by atoms with Gasteiger partial charge in [-0.15, -0.1) is 11.3 Å². The zero-order valence-electron chi connectivity index (χ0n) is 18.4. The van der Waals surface area contributed by atoms with Crippen LogP contribution in [0.15, 0.2) is 66.0 Å². The Morgan fingerprint density at radius 2 is 1.81 bits per heavy atom. The van der Waals surface area contributed by atoms with Gasteiger partial charge in [-0.3, -0.25) is 9.59 Å². The molecule has 0 bridgehead atoms. The molecule has 0 fully saturated rings. The van der Waals surface area contributed by atoms with Crippen molar-refractivity contribution in [2.24, 2.45) is 0 Å². The predicted molar refractivity (Wildman–Crippen MR) is 127 cm³/mol. The second kappa shape index (κ2) is 10.1. The summed E-state index contributed by atoms with van der Waals surface area (Å²) in [5.74, 6) is -0.630. The molecule has 6 heteroatoms. The first-order valence-corrected chi connectivity index (χ1v) is 11.8. The Balaban J connectivity index is 1.67. The number of benzene rings is 2. The van der Waals surface area contributed by atoms with E-state index < -0.39 is 5.92 Å². The second-order valence-corrected chi connectivity index (χ2v) is 8.88. The third kappa shape index (κ3) is 4.47. The highest BCUT2D eigenvalue weighted by Crippen LogP contribution is 2.44. The molecule has 0 aliphatic carbocycles. The number of methoxy groups -OCH3 is 1. The van der Waals surface area contributed by atoms with Crippen LogP contribution >= 0.6 is 11.3 Å². The number of nitrogens with zero attached hydrogens (tertiary/aromatic N) is 1. The minimum Gasteiger partial charge on any atom is -0.383 e. The summed E-state index contributed by atoms with van der Waals surface area (Å²) in [5.41, 5.74) is 3.69. The van der Waals surface area contributed by atoms with Crippen molar-refractivity contribution in [2.45, 2.75) is 31.8 Å². The molecular formula is C26H28N2O3S. The van der Waals surface area contributed by atoms with Crippen LogP contribution in [0.25, 0.3) is 0 Å². The van der Waals surface area contributed by atoms with E-state index in [-0.39, 0.29) is 17.9 Å². The number of aryl methyl sites for hydroxylation is 1. The van der Waals surface area contributed by atoms with Gasteiger partial charge in [0.15, 0.2) is 0 Å². The average molecular weight is 449 g/mol. The molecule has 4 rings (SSSR count). The van der Waals surface area contributed by atoms with Crippen LogP contribution < -0.4 is 5.32 Å². The number of fused-ring (bicyclic) bond motifs is 1. The molecule has 0 saturated heterocycles. The number of nitrogens with one attached hydrogen (secondary N) is 1. The Labute approximate surface area is 193 Å². The van der Waals surface area contributed by atoms with E-state index in [4.69, 9.17) is 4.74 Å². The van der Waals surface area contributed by atoms with Gasteiger partial charge in [-0.2, -0.15) is 0 Å². The highest BCUT2D eigenvalue weighted by molar-refractivity contribution is 7.10. The topological polar surface area (TPSA) is 58.6 Å². The Bertz CT molecular complexity index is 1060. The number of thiophene rings is 1. The maximum atomic E-state index is 13.6. The zero-order chi connectivity index (χ0) is 22.5. The fourth-order valence-electron chi connectivity index (χ4n) is 4.28. The Morgan fingerprint density at radius 3 is 2.50 bits per heavy atom. The van der Waals surface area contributed by atoms with Gasteiger partial charge in [0.2, 0.25) is 5.91 Å². The molecule has 2 aromatic carbocycles. The number of carbonyl (C=O) groups is 2. The molecule has 2 amide bonds. The SMILES string of the molecule is CCc1ccc(CNC(=O)[C@@H]2c3ccccc3C(=O)N(CCOC)[C@H]2c2cccs2)cc1. The van der Waals surface area contributed by atoms with Crippen LogP contribution in [0.4, 0.5) is 0 Å². The normalized spacial score (nSPS) is 17.8. The van der Waals surface area contributed by atoms with E-state index in [1.165, 1.54) is 5.56 Å². The summed E-state index contributed by atoms with van der Waals surface area (Å²) in [5, 5.41) is 5.11. The Morgan fingerprint density at radius 1 is 1.06 bits per heavy atom. The van der Waals surface area contributed by atoms with E-state index in [0.29, 0.717) is 25.3 Å². The molecule has 166 valence electrons. The van der Waals surface area contributed by atoms with Gasteiger partial charge in [-0.25, -0.2) is 0 Å². The molecule has 0 unspecified atom stereocenters. The van der Waals surface area contributed by atoms with E-state index in [2.05, 4.69) is 36.5 Å². The highest BCUT2D eigenvalue weighted by Gasteiger charge is 2.44. The van der Waals surface area contributed by atoms with Crippen molar-refractivity contribution in [2.75, 3.05) is 20.3 Å². The van der Waals surface area contributed by atoms with Crippen LogP contribution in [0, 0.1) is 0 Å². The lowest BCUT2D eigenvalue weighted by molar-refractivity contribution is -0.124. The maximum Gasteiger partial charge on any atom is 0.254 e. The fraction of sp³-hybridized carbons (Fsp3) is 0.308. The van der Waals surface area contributed by atoms with Gasteiger partial charge >= 0.3 is 0 Å². The van der Waals surface area contributed by atoms with Crippen LogP contribution in [-0.4, -0.2) is 37.0 Å². The molecular weight excluding hydrogens is 420 g/mol. The van der Waals surface area contributed by atoms with Crippen molar-refractivity contribution in [3.63, 3.8) is 0 Å². The summed E-state index contributed by atoms with van der Waals surface area (Å²) in [7, 11) is 1.62. The second-order valence-electron chi connectivity index (χ2n) is 7.90. The minimum atomic E-state index is -0.491. The number of ether oxygens (including phenoxy) is 1. The molecule has 0 saturated carbocycles. The molecule has 0 spiro atoms. The number of rotatable bonds is 8. The van der Waals surface area contributed by atoms with Crippen LogP contribution in [-0.2, 0) is 22.5 Å².